The summed E-state index contributed by atoms with van der Waals surface area (Å²) in [6.45, 7) is 5.98. The molecule has 1 aromatic carbocycles. The summed E-state index contributed by atoms with van der Waals surface area (Å²) < 4.78 is 5.75. The topological polar surface area (TPSA) is 55.0 Å². The standard InChI is InChI=1S/C15H16BrClN2O2/c1-15(2,3)12-11(16)14(20)19-13(18-12)10-8(17)6-5-7-9(10)21-4/h5-7H,1-4H3,(H,18,19,20). The van der Waals surface area contributed by atoms with Crippen molar-refractivity contribution in [1.82, 2.24) is 9.97 Å². The molecular formula is C15H16BrClN2O2. The van der Waals surface area contributed by atoms with E-state index in [1.807, 2.05) is 20.8 Å². The smallest absolute Gasteiger partial charge is 0.265 e. The predicted molar refractivity (Wildman–Crippen MR) is 88.3 cm³/mol. The van der Waals surface area contributed by atoms with Crippen molar-refractivity contribution in [1.29, 1.82) is 0 Å². The third-order valence-electron chi connectivity index (χ3n) is 3.01. The average Bonchev–Trinajstić information content (AvgIpc) is 2.40. The van der Waals surface area contributed by atoms with Gasteiger partial charge in [-0.3, -0.25) is 4.79 Å². The fourth-order valence-corrected chi connectivity index (χ4v) is 3.02. The van der Waals surface area contributed by atoms with Crippen LogP contribution in [0.25, 0.3) is 11.4 Å². The molecule has 0 aliphatic heterocycles. The number of hydrogen-bond acceptors (Lipinski definition) is 3. The minimum Gasteiger partial charge on any atom is -0.496 e. The van der Waals surface area contributed by atoms with Gasteiger partial charge in [0.25, 0.3) is 5.56 Å². The van der Waals surface area contributed by atoms with Crippen molar-refractivity contribution in [2.75, 3.05) is 7.11 Å². The first kappa shape index (κ1) is 16.0. The molecule has 2 rings (SSSR count). The number of rotatable bonds is 2. The lowest BCUT2D eigenvalue weighted by molar-refractivity contribution is 0.416. The number of ether oxygens (including phenoxy) is 1. The minimum absolute atomic E-state index is 0.244. The first-order chi connectivity index (χ1) is 9.75. The van der Waals surface area contributed by atoms with Crippen LogP contribution in [0.2, 0.25) is 5.02 Å². The van der Waals surface area contributed by atoms with Crippen molar-refractivity contribution >= 4 is 27.5 Å². The first-order valence-electron chi connectivity index (χ1n) is 6.39. The molecular weight excluding hydrogens is 356 g/mol. The zero-order valence-corrected chi connectivity index (χ0v) is 14.6. The average molecular weight is 372 g/mol. The minimum atomic E-state index is -0.281. The van der Waals surface area contributed by atoms with Crippen molar-refractivity contribution in [2.45, 2.75) is 26.2 Å². The van der Waals surface area contributed by atoms with Crippen LogP contribution in [0.1, 0.15) is 26.5 Å². The molecule has 0 aliphatic rings. The van der Waals surface area contributed by atoms with Crippen LogP contribution in [0.3, 0.4) is 0 Å². The van der Waals surface area contributed by atoms with Gasteiger partial charge < -0.3 is 9.72 Å². The van der Waals surface area contributed by atoms with Crippen LogP contribution in [0, 0.1) is 0 Å². The molecule has 112 valence electrons. The van der Waals surface area contributed by atoms with E-state index in [9.17, 15) is 4.79 Å². The zero-order valence-electron chi connectivity index (χ0n) is 12.3. The Balaban J connectivity index is 2.78. The molecule has 0 fully saturated rings. The number of nitrogens with zero attached hydrogens (tertiary/aromatic N) is 1. The molecule has 0 atom stereocenters. The molecule has 0 amide bonds. The quantitative estimate of drug-likeness (QED) is 0.862. The molecule has 0 radical (unpaired) electrons. The Kier molecular flexibility index (Phi) is 4.44. The summed E-state index contributed by atoms with van der Waals surface area (Å²) in [6, 6.07) is 5.30. The van der Waals surface area contributed by atoms with Crippen molar-refractivity contribution in [3.8, 4) is 17.1 Å². The van der Waals surface area contributed by atoms with Crippen LogP contribution in [-0.4, -0.2) is 17.1 Å². The van der Waals surface area contributed by atoms with Gasteiger partial charge in [-0.05, 0) is 28.1 Å². The van der Waals surface area contributed by atoms with Crippen LogP contribution in [0.15, 0.2) is 27.5 Å². The van der Waals surface area contributed by atoms with Crippen molar-refractivity contribution in [3.63, 3.8) is 0 Å². The molecule has 1 aromatic heterocycles. The second kappa shape index (κ2) is 5.81. The Labute approximate surface area is 136 Å². The van der Waals surface area contributed by atoms with E-state index in [1.54, 1.807) is 25.3 Å². The van der Waals surface area contributed by atoms with Gasteiger partial charge in [0.15, 0.2) is 0 Å². The van der Waals surface area contributed by atoms with Gasteiger partial charge in [0.05, 0.1) is 23.4 Å². The van der Waals surface area contributed by atoms with E-state index < -0.39 is 0 Å². The normalized spacial score (nSPS) is 11.5. The summed E-state index contributed by atoms with van der Waals surface area (Å²) in [4.78, 5) is 19.5. The van der Waals surface area contributed by atoms with Gasteiger partial charge in [-0.1, -0.05) is 38.4 Å². The molecule has 1 N–H and O–H groups in total. The van der Waals surface area contributed by atoms with E-state index >= 15 is 0 Å². The molecule has 4 nitrogen and oxygen atoms in total. The lowest BCUT2D eigenvalue weighted by Gasteiger charge is -2.20. The fraction of sp³-hybridized carbons (Fsp3) is 0.333. The van der Waals surface area contributed by atoms with E-state index in [-0.39, 0.29) is 11.0 Å². The maximum absolute atomic E-state index is 12.2. The molecule has 2 aromatic rings. The molecule has 0 unspecified atom stereocenters. The van der Waals surface area contributed by atoms with E-state index in [1.165, 1.54) is 0 Å². The number of benzene rings is 1. The van der Waals surface area contributed by atoms with Gasteiger partial charge in [0.1, 0.15) is 16.0 Å². The summed E-state index contributed by atoms with van der Waals surface area (Å²) in [7, 11) is 1.55. The molecule has 6 heteroatoms. The van der Waals surface area contributed by atoms with Crippen molar-refractivity contribution in [2.24, 2.45) is 0 Å². The second-order valence-electron chi connectivity index (χ2n) is 5.64. The largest absolute Gasteiger partial charge is 0.496 e. The maximum Gasteiger partial charge on any atom is 0.265 e. The molecule has 0 saturated carbocycles. The number of hydrogen-bond donors (Lipinski definition) is 1. The van der Waals surface area contributed by atoms with Crippen LogP contribution in [0.5, 0.6) is 5.75 Å². The van der Waals surface area contributed by atoms with Crippen LogP contribution in [0.4, 0.5) is 0 Å². The Bertz CT molecular complexity index is 735. The van der Waals surface area contributed by atoms with Gasteiger partial charge in [-0.15, -0.1) is 0 Å². The Morgan fingerprint density at radius 3 is 2.57 bits per heavy atom. The van der Waals surface area contributed by atoms with Gasteiger partial charge in [-0.2, -0.15) is 0 Å². The maximum atomic E-state index is 12.2. The number of methoxy groups -OCH3 is 1. The van der Waals surface area contributed by atoms with Crippen LogP contribution < -0.4 is 10.3 Å². The Morgan fingerprint density at radius 1 is 1.33 bits per heavy atom. The van der Waals surface area contributed by atoms with E-state index in [0.29, 0.717) is 32.3 Å². The number of nitrogens with one attached hydrogen (secondary N) is 1. The summed E-state index contributed by atoms with van der Waals surface area (Å²) in [5.41, 5.74) is 0.725. The van der Waals surface area contributed by atoms with E-state index in [0.717, 1.165) is 0 Å². The third kappa shape index (κ3) is 3.14. The van der Waals surface area contributed by atoms with Gasteiger partial charge in [0.2, 0.25) is 0 Å². The highest BCUT2D eigenvalue weighted by Gasteiger charge is 2.23. The third-order valence-corrected chi connectivity index (χ3v) is 4.06. The molecule has 0 bridgehead atoms. The highest BCUT2D eigenvalue weighted by atomic mass is 79.9. The molecule has 0 aliphatic carbocycles. The summed E-state index contributed by atoms with van der Waals surface area (Å²) >= 11 is 9.55. The fourth-order valence-electron chi connectivity index (χ4n) is 1.98. The molecule has 0 spiro atoms. The van der Waals surface area contributed by atoms with Gasteiger partial charge in [-0.25, -0.2) is 4.98 Å². The van der Waals surface area contributed by atoms with Gasteiger partial charge >= 0.3 is 0 Å². The Morgan fingerprint density at radius 2 is 2.00 bits per heavy atom. The van der Waals surface area contributed by atoms with Crippen molar-refractivity contribution in [3.05, 3.63) is 43.7 Å². The number of H-pyrrole nitrogens is 1. The second-order valence-corrected chi connectivity index (χ2v) is 6.84. The Hall–Kier alpha value is -1.33. The van der Waals surface area contributed by atoms with Crippen molar-refractivity contribution < 1.29 is 4.74 Å². The highest BCUT2D eigenvalue weighted by Crippen LogP contribution is 2.35. The predicted octanol–water partition coefficient (Wildman–Crippen LogP) is 4.16. The molecule has 1 heterocycles. The number of aromatic nitrogens is 2. The summed E-state index contributed by atoms with van der Waals surface area (Å²) in [6.07, 6.45) is 0. The van der Waals surface area contributed by atoms with Crippen LogP contribution in [-0.2, 0) is 5.41 Å². The first-order valence-corrected chi connectivity index (χ1v) is 7.56. The SMILES string of the molecule is COc1cccc(Cl)c1-c1nc(C(C)(C)C)c(Br)c(=O)[nH]1. The van der Waals surface area contributed by atoms with E-state index in [2.05, 4.69) is 25.9 Å². The lowest BCUT2D eigenvalue weighted by Crippen LogP contribution is -2.22. The van der Waals surface area contributed by atoms with E-state index in [4.69, 9.17) is 16.3 Å². The van der Waals surface area contributed by atoms with Gasteiger partial charge in [0, 0.05) is 5.41 Å². The number of aromatic amines is 1. The molecule has 21 heavy (non-hydrogen) atoms. The molecule has 0 saturated heterocycles. The monoisotopic (exact) mass is 370 g/mol. The summed E-state index contributed by atoms with van der Waals surface area (Å²) in [5, 5.41) is 0.472. The lowest BCUT2D eigenvalue weighted by atomic mass is 9.92. The highest BCUT2D eigenvalue weighted by molar-refractivity contribution is 9.10. The number of halogens is 2. The summed E-state index contributed by atoms with van der Waals surface area (Å²) in [5.74, 6) is 0.961. The zero-order chi connectivity index (χ0) is 15.8. The van der Waals surface area contributed by atoms with Crippen LogP contribution >= 0.6 is 27.5 Å².